The minimum Gasteiger partial charge on any atom is -0.390 e. The number of ether oxygens (including phenoxy) is 1. The highest BCUT2D eigenvalue weighted by Gasteiger charge is 2.38. The number of hydrogen-bond acceptors (Lipinski definition) is 9. The third kappa shape index (κ3) is 5.22. The topological polar surface area (TPSA) is 131 Å². The Hall–Kier alpha value is -3.74. The molecule has 1 atom stereocenters. The van der Waals surface area contributed by atoms with E-state index in [9.17, 15) is 14.3 Å². The number of fused-ring (bicyclic) bond motifs is 1. The highest BCUT2D eigenvalue weighted by atomic mass is 35.5. The van der Waals surface area contributed by atoms with Gasteiger partial charge in [-0.1, -0.05) is 18.5 Å². The van der Waals surface area contributed by atoms with Gasteiger partial charge in [0, 0.05) is 37.7 Å². The highest BCUT2D eigenvalue weighted by Crippen LogP contribution is 2.38. The standard InChI is InChI=1S/C28H30ClFN8O3/c1-28(27(40)33-17-5-4-10-31-15-17)8-12-37(13-9-28)25-19(16-39)34-23-22(18-7-11-32-24(30)21(18)29)36-38(26(23)35-25)20-6-2-3-14-41-20/h4-5,7,10-11,15,20,39H,2-3,6,8-9,12-14,16H2,1H3,(H,33,40). The van der Waals surface area contributed by atoms with E-state index in [2.05, 4.69) is 15.3 Å². The zero-order valence-electron chi connectivity index (χ0n) is 22.6. The second kappa shape index (κ2) is 11.3. The summed E-state index contributed by atoms with van der Waals surface area (Å²) in [4.78, 5) is 32.6. The molecule has 1 unspecified atom stereocenters. The van der Waals surface area contributed by atoms with Crippen LogP contribution in [0.25, 0.3) is 22.4 Å². The molecular formula is C28H30ClFN8O3. The average molecular weight is 581 g/mol. The first-order valence-corrected chi connectivity index (χ1v) is 14.0. The first kappa shape index (κ1) is 27.4. The van der Waals surface area contributed by atoms with E-state index in [1.807, 2.05) is 17.9 Å². The van der Waals surface area contributed by atoms with Crippen molar-refractivity contribution in [2.45, 2.75) is 51.9 Å². The van der Waals surface area contributed by atoms with Gasteiger partial charge in [0.2, 0.25) is 11.9 Å². The first-order valence-electron chi connectivity index (χ1n) is 13.7. The van der Waals surface area contributed by atoms with Crippen molar-refractivity contribution in [2.24, 2.45) is 5.41 Å². The van der Waals surface area contributed by atoms with Gasteiger partial charge in [-0.25, -0.2) is 19.6 Å². The van der Waals surface area contributed by atoms with Gasteiger partial charge in [-0.2, -0.15) is 9.49 Å². The van der Waals surface area contributed by atoms with Crippen LogP contribution in [0.3, 0.4) is 0 Å². The molecule has 2 N–H and O–H groups in total. The molecule has 2 aliphatic rings. The van der Waals surface area contributed by atoms with Crippen LogP contribution in [0.4, 0.5) is 15.9 Å². The van der Waals surface area contributed by atoms with Crippen molar-refractivity contribution in [1.82, 2.24) is 29.7 Å². The largest absolute Gasteiger partial charge is 0.390 e. The van der Waals surface area contributed by atoms with Crippen molar-refractivity contribution in [2.75, 3.05) is 29.9 Å². The Bertz CT molecular complexity index is 1570. The maximum Gasteiger partial charge on any atom is 0.232 e. The quantitative estimate of drug-likeness (QED) is 0.316. The molecule has 0 radical (unpaired) electrons. The molecule has 2 aliphatic heterocycles. The van der Waals surface area contributed by atoms with Crippen molar-refractivity contribution in [1.29, 1.82) is 0 Å². The van der Waals surface area contributed by atoms with Crippen LogP contribution in [-0.2, 0) is 16.1 Å². The number of rotatable bonds is 6. The van der Waals surface area contributed by atoms with Crippen LogP contribution >= 0.6 is 11.6 Å². The Balaban J connectivity index is 1.35. The van der Waals surface area contributed by atoms with E-state index >= 15 is 0 Å². The fraction of sp³-hybridized carbons (Fsp3) is 0.429. The van der Waals surface area contributed by atoms with Crippen LogP contribution in [0.5, 0.6) is 0 Å². The predicted octanol–water partition coefficient (Wildman–Crippen LogP) is 4.51. The third-order valence-corrected chi connectivity index (χ3v) is 8.25. The van der Waals surface area contributed by atoms with Gasteiger partial charge in [0.15, 0.2) is 17.7 Å². The van der Waals surface area contributed by atoms with Gasteiger partial charge in [0.05, 0.1) is 23.9 Å². The summed E-state index contributed by atoms with van der Waals surface area (Å²) in [5, 5.41) is 17.9. The van der Waals surface area contributed by atoms with Gasteiger partial charge in [0.1, 0.15) is 21.9 Å². The van der Waals surface area contributed by atoms with Crippen molar-refractivity contribution in [3.05, 3.63) is 53.5 Å². The smallest absolute Gasteiger partial charge is 0.232 e. The number of carbonyl (C=O) groups is 1. The Labute approximate surface area is 240 Å². The molecule has 2 saturated heterocycles. The maximum atomic E-state index is 14.3. The number of amides is 1. The molecule has 4 aromatic heterocycles. The Morgan fingerprint density at radius 3 is 2.78 bits per heavy atom. The first-order chi connectivity index (χ1) is 19.9. The lowest BCUT2D eigenvalue weighted by Gasteiger charge is -2.39. The minimum absolute atomic E-state index is 0.0623. The summed E-state index contributed by atoms with van der Waals surface area (Å²) in [5.74, 6) is -0.352. The Morgan fingerprint density at radius 2 is 2.07 bits per heavy atom. The van der Waals surface area contributed by atoms with Gasteiger partial charge in [-0.15, -0.1) is 0 Å². The summed E-state index contributed by atoms with van der Waals surface area (Å²) in [7, 11) is 0. The van der Waals surface area contributed by atoms with Crippen LogP contribution in [0.1, 0.15) is 50.9 Å². The molecule has 0 bridgehead atoms. The Kier molecular flexibility index (Phi) is 7.54. The van der Waals surface area contributed by atoms with E-state index < -0.39 is 11.4 Å². The van der Waals surface area contributed by atoms with Crippen molar-refractivity contribution < 1.29 is 19.0 Å². The minimum atomic E-state index is -0.809. The lowest BCUT2D eigenvalue weighted by Crippen LogP contribution is -2.45. The number of anilines is 2. The molecule has 6 heterocycles. The molecule has 2 fully saturated rings. The normalized spacial score (nSPS) is 18.9. The second-order valence-corrected chi connectivity index (χ2v) is 11.0. The van der Waals surface area contributed by atoms with E-state index in [1.165, 1.54) is 6.20 Å². The van der Waals surface area contributed by atoms with Gasteiger partial charge in [-0.3, -0.25) is 9.78 Å². The van der Waals surface area contributed by atoms with E-state index in [1.54, 1.807) is 29.2 Å². The molecule has 0 aromatic carbocycles. The second-order valence-electron chi connectivity index (χ2n) is 10.6. The SMILES string of the molecule is CC1(C(=O)Nc2cccnc2)CCN(c2nc3c(nc2CO)c(-c2ccnc(F)c2Cl)nn3C2CCCCO2)CC1. The summed E-state index contributed by atoms with van der Waals surface area (Å²) >= 11 is 6.29. The van der Waals surface area contributed by atoms with Crippen LogP contribution in [0.15, 0.2) is 36.8 Å². The lowest BCUT2D eigenvalue weighted by atomic mass is 9.79. The number of aliphatic hydroxyl groups excluding tert-OH is 1. The molecule has 41 heavy (non-hydrogen) atoms. The van der Waals surface area contributed by atoms with Crippen LogP contribution in [0, 0.1) is 11.4 Å². The lowest BCUT2D eigenvalue weighted by molar-refractivity contribution is -0.125. The van der Waals surface area contributed by atoms with Gasteiger partial charge in [0.25, 0.3) is 0 Å². The monoisotopic (exact) mass is 580 g/mol. The average Bonchev–Trinajstić information content (AvgIpc) is 3.37. The highest BCUT2D eigenvalue weighted by molar-refractivity contribution is 6.33. The van der Waals surface area contributed by atoms with Crippen LogP contribution in [-0.4, -0.2) is 60.4 Å². The molecule has 4 aromatic rings. The van der Waals surface area contributed by atoms with Crippen molar-refractivity contribution in [3.63, 3.8) is 0 Å². The van der Waals surface area contributed by atoms with E-state index in [-0.39, 0.29) is 23.8 Å². The van der Waals surface area contributed by atoms with Gasteiger partial charge >= 0.3 is 0 Å². The van der Waals surface area contributed by atoms with Crippen LogP contribution in [0.2, 0.25) is 5.02 Å². The number of nitrogens with zero attached hydrogens (tertiary/aromatic N) is 7. The zero-order valence-corrected chi connectivity index (χ0v) is 23.3. The fourth-order valence-electron chi connectivity index (χ4n) is 5.39. The number of pyridine rings is 2. The number of hydrogen-bond donors (Lipinski definition) is 2. The maximum absolute atomic E-state index is 14.3. The molecule has 0 aliphatic carbocycles. The number of aromatic nitrogens is 6. The number of aliphatic hydroxyl groups is 1. The number of carbonyl (C=O) groups excluding carboxylic acids is 1. The number of piperidine rings is 1. The van der Waals surface area contributed by atoms with Crippen LogP contribution < -0.4 is 10.2 Å². The third-order valence-electron chi connectivity index (χ3n) is 7.89. The van der Waals surface area contributed by atoms with Crippen molar-refractivity contribution >= 4 is 40.2 Å². The predicted molar refractivity (Wildman–Crippen MR) is 151 cm³/mol. The van der Waals surface area contributed by atoms with Crippen molar-refractivity contribution in [3.8, 4) is 11.3 Å². The molecule has 11 nitrogen and oxygen atoms in total. The summed E-state index contributed by atoms with van der Waals surface area (Å²) in [6.07, 6.45) is 8.04. The fourth-order valence-corrected chi connectivity index (χ4v) is 5.59. The molecule has 0 spiro atoms. The number of halogens is 2. The zero-order chi connectivity index (χ0) is 28.6. The molecule has 0 saturated carbocycles. The van der Waals surface area contributed by atoms with E-state index in [0.717, 1.165) is 19.3 Å². The summed E-state index contributed by atoms with van der Waals surface area (Å²) in [6.45, 7) is 3.25. The van der Waals surface area contributed by atoms with Gasteiger partial charge in [-0.05, 0) is 50.3 Å². The molecule has 6 rings (SSSR count). The summed E-state index contributed by atoms with van der Waals surface area (Å²) < 4.78 is 22.0. The van der Waals surface area contributed by atoms with E-state index in [4.69, 9.17) is 31.4 Å². The summed E-state index contributed by atoms with van der Waals surface area (Å²) in [5.41, 5.74) is 1.94. The Morgan fingerprint density at radius 1 is 1.24 bits per heavy atom. The molecule has 214 valence electrons. The molecule has 13 heteroatoms. The van der Waals surface area contributed by atoms with Gasteiger partial charge < -0.3 is 20.1 Å². The van der Waals surface area contributed by atoms with E-state index in [0.29, 0.717) is 72.2 Å². The number of nitrogens with one attached hydrogen (secondary N) is 1. The molecule has 1 amide bonds. The summed E-state index contributed by atoms with van der Waals surface area (Å²) in [6, 6.07) is 5.16. The molecular weight excluding hydrogens is 551 g/mol.